The molecule has 1 rings (SSSR count). The normalized spacial score (nSPS) is 12.4. The summed E-state index contributed by atoms with van der Waals surface area (Å²) in [5.41, 5.74) is 0.340. The first kappa shape index (κ1) is 13.8. The third kappa shape index (κ3) is 3.60. The van der Waals surface area contributed by atoms with Crippen LogP contribution in [0.1, 0.15) is 24.8 Å². The lowest BCUT2D eigenvalue weighted by atomic mass is 10.1. The predicted molar refractivity (Wildman–Crippen MR) is 62.8 cm³/mol. The molecule has 1 unspecified atom stereocenters. The standard InChI is InChI=1S/C12H14ClFO3/c1-7(2)17-10-5-4-8(6-9(10)14)11(13)12(15)16-3/h4-7,11H,1-3H3. The molecule has 0 amide bonds. The summed E-state index contributed by atoms with van der Waals surface area (Å²) in [5.74, 6) is -1.04. The average molecular weight is 261 g/mol. The highest BCUT2D eigenvalue weighted by molar-refractivity contribution is 6.29. The monoisotopic (exact) mass is 260 g/mol. The Bertz CT molecular complexity index is 407. The highest BCUT2D eigenvalue weighted by atomic mass is 35.5. The molecular weight excluding hydrogens is 247 g/mol. The molecule has 0 bridgehead atoms. The van der Waals surface area contributed by atoms with Crippen LogP contribution in [0.3, 0.4) is 0 Å². The van der Waals surface area contributed by atoms with E-state index in [0.29, 0.717) is 5.56 Å². The van der Waals surface area contributed by atoms with Crippen LogP contribution >= 0.6 is 11.6 Å². The maximum atomic E-state index is 13.6. The van der Waals surface area contributed by atoms with Gasteiger partial charge in [-0.25, -0.2) is 4.39 Å². The number of methoxy groups -OCH3 is 1. The number of hydrogen-bond acceptors (Lipinski definition) is 3. The Morgan fingerprint density at radius 3 is 2.53 bits per heavy atom. The number of alkyl halides is 1. The van der Waals surface area contributed by atoms with E-state index in [1.54, 1.807) is 13.8 Å². The Morgan fingerprint density at radius 2 is 2.06 bits per heavy atom. The van der Waals surface area contributed by atoms with E-state index < -0.39 is 17.2 Å². The summed E-state index contributed by atoms with van der Waals surface area (Å²) in [6, 6.07) is 4.16. The molecule has 0 aliphatic carbocycles. The number of carbonyl (C=O) groups is 1. The van der Waals surface area contributed by atoms with Crippen LogP contribution in [0.4, 0.5) is 4.39 Å². The van der Waals surface area contributed by atoms with Crippen molar-refractivity contribution in [3.05, 3.63) is 29.6 Å². The zero-order valence-electron chi connectivity index (χ0n) is 9.87. The van der Waals surface area contributed by atoms with E-state index >= 15 is 0 Å². The van der Waals surface area contributed by atoms with E-state index in [4.69, 9.17) is 16.3 Å². The van der Waals surface area contributed by atoms with Gasteiger partial charge in [0.25, 0.3) is 0 Å². The summed E-state index contributed by atoms with van der Waals surface area (Å²) in [6.45, 7) is 3.60. The number of hydrogen-bond donors (Lipinski definition) is 0. The van der Waals surface area contributed by atoms with Gasteiger partial charge in [0.1, 0.15) is 0 Å². The lowest BCUT2D eigenvalue weighted by Gasteiger charge is -2.12. The molecule has 0 fully saturated rings. The molecule has 0 N–H and O–H groups in total. The minimum Gasteiger partial charge on any atom is -0.488 e. The van der Waals surface area contributed by atoms with Crippen molar-refractivity contribution >= 4 is 17.6 Å². The van der Waals surface area contributed by atoms with Crippen LogP contribution in [0, 0.1) is 5.82 Å². The predicted octanol–water partition coefficient (Wildman–Crippen LogP) is 3.07. The van der Waals surface area contributed by atoms with Crippen molar-refractivity contribution < 1.29 is 18.7 Å². The van der Waals surface area contributed by atoms with Crippen molar-refractivity contribution in [2.45, 2.75) is 25.3 Å². The molecule has 0 spiro atoms. The van der Waals surface area contributed by atoms with E-state index in [9.17, 15) is 9.18 Å². The van der Waals surface area contributed by atoms with Gasteiger partial charge in [-0.3, -0.25) is 4.79 Å². The number of benzene rings is 1. The number of ether oxygens (including phenoxy) is 2. The average Bonchev–Trinajstić information content (AvgIpc) is 2.29. The van der Waals surface area contributed by atoms with Gasteiger partial charge in [0.2, 0.25) is 0 Å². The van der Waals surface area contributed by atoms with Gasteiger partial charge in [-0.15, -0.1) is 11.6 Å². The van der Waals surface area contributed by atoms with Crippen LogP contribution in [0.5, 0.6) is 5.75 Å². The van der Waals surface area contributed by atoms with Crippen molar-refractivity contribution in [3.8, 4) is 5.75 Å². The van der Waals surface area contributed by atoms with Crippen molar-refractivity contribution in [2.24, 2.45) is 0 Å². The van der Waals surface area contributed by atoms with E-state index in [-0.39, 0.29) is 11.9 Å². The van der Waals surface area contributed by atoms with E-state index in [1.807, 2.05) is 0 Å². The highest BCUT2D eigenvalue weighted by Gasteiger charge is 2.19. The van der Waals surface area contributed by atoms with Crippen LogP contribution in [-0.4, -0.2) is 19.2 Å². The van der Waals surface area contributed by atoms with Gasteiger partial charge in [-0.2, -0.15) is 0 Å². The van der Waals surface area contributed by atoms with Crippen LogP contribution in [0.25, 0.3) is 0 Å². The SMILES string of the molecule is COC(=O)C(Cl)c1ccc(OC(C)C)c(F)c1. The lowest BCUT2D eigenvalue weighted by molar-refractivity contribution is -0.140. The topological polar surface area (TPSA) is 35.5 Å². The van der Waals surface area contributed by atoms with Crippen molar-refractivity contribution in [2.75, 3.05) is 7.11 Å². The largest absolute Gasteiger partial charge is 0.488 e. The second kappa shape index (κ2) is 5.87. The maximum absolute atomic E-state index is 13.6. The molecule has 0 radical (unpaired) electrons. The lowest BCUT2D eigenvalue weighted by Crippen LogP contribution is -2.10. The van der Waals surface area contributed by atoms with Crippen molar-refractivity contribution in [1.82, 2.24) is 0 Å². The van der Waals surface area contributed by atoms with Crippen molar-refractivity contribution in [3.63, 3.8) is 0 Å². The summed E-state index contributed by atoms with van der Waals surface area (Å²) in [6.07, 6.45) is -0.122. The summed E-state index contributed by atoms with van der Waals surface area (Å²) < 4.78 is 23.3. The second-order valence-electron chi connectivity index (χ2n) is 3.74. The Balaban J connectivity index is 2.92. The number of esters is 1. The molecule has 0 aliphatic heterocycles. The first-order valence-corrected chi connectivity index (χ1v) is 5.57. The number of rotatable bonds is 4. The molecule has 0 heterocycles. The molecule has 5 heteroatoms. The number of carbonyl (C=O) groups excluding carboxylic acids is 1. The fourth-order valence-electron chi connectivity index (χ4n) is 1.26. The molecule has 0 saturated heterocycles. The quantitative estimate of drug-likeness (QED) is 0.617. The van der Waals surface area contributed by atoms with Crippen LogP contribution in [0.2, 0.25) is 0 Å². The van der Waals surface area contributed by atoms with Gasteiger partial charge >= 0.3 is 5.97 Å². The van der Waals surface area contributed by atoms with Gasteiger partial charge in [-0.1, -0.05) is 6.07 Å². The zero-order valence-corrected chi connectivity index (χ0v) is 10.6. The van der Waals surface area contributed by atoms with Gasteiger partial charge < -0.3 is 9.47 Å². The van der Waals surface area contributed by atoms with E-state index in [0.717, 1.165) is 0 Å². The first-order chi connectivity index (χ1) is 7.95. The van der Waals surface area contributed by atoms with E-state index in [2.05, 4.69) is 4.74 Å². The fraction of sp³-hybridized carbons (Fsp3) is 0.417. The molecule has 1 atom stereocenters. The minimum absolute atomic E-state index is 0.122. The third-order valence-electron chi connectivity index (χ3n) is 2.02. The smallest absolute Gasteiger partial charge is 0.328 e. The summed E-state index contributed by atoms with van der Waals surface area (Å²) in [4.78, 5) is 11.2. The Morgan fingerprint density at radius 1 is 1.41 bits per heavy atom. The zero-order chi connectivity index (χ0) is 13.0. The Labute approximate surface area is 104 Å². The summed E-state index contributed by atoms with van der Waals surface area (Å²) >= 11 is 5.80. The van der Waals surface area contributed by atoms with Crippen molar-refractivity contribution in [1.29, 1.82) is 0 Å². The summed E-state index contributed by atoms with van der Waals surface area (Å²) in [5, 5.41) is -1.01. The van der Waals surface area contributed by atoms with Gasteiger partial charge in [0.15, 0.2) is 16.9 Å². The van der Waals surface area contributed by atoms with Gasteiger partial charge in [-0.05, 0) is 31.5 Å². The van der Waals surface area contributed by atoms with Gasteiger partial charge in [0, 0.05) is 0 Å². The fourth-order valence-corrected chi connectivity index (χ4v) is 1.49. The summed E-state index contributed by atoms with van der Waals surface area (Å²) in [7, 11) is 1.23. The van der Waals surface area contributed by atoms with Crippen LogP contribution in [0.15, 0.2) is 18.2 Å². The molecule has 1 aromatic carbocycles. The molecule has 0 aromatic heterocycles. The second-order valence-corrected chi connectivity index (χ2v) is 4.18. The van der Waals surface area contributed by atoms with Crippen LogP contribution in [-0.2, 0) is 9.53 Å². The Hall–Kier alpha value is -1.29. The highest BCUT2D eigenvalue weighted by Crippen LogP contribution is 2.27. The maximum Gasteiger partial charge on any atom is 0.328 e. The molecule has 0 saturated carbocycles. The minimum atomic E-state index is -1.01. The Kier molecular flexibility index (Phi) is 4.75. The molecule has 17 heavy (non-hydrogen) atoms. The molecule has 1 aromatic rings. The van der Waals surface area contributed by atoms with Crippen LogP contribution < -0.4 is 4.74 Å². The molecule has 3 nitrogen and oxygen atoms in total. The number of halogens is 2. The van der Waals surface area contributed by atoms with E-state index in [1.165, 1.54) is 25.3 Å². The molecule has 94 valence electrons. The first-order valence-electron chi connectivity index (χ1n) is 5.13. The molecule has 0 aliphatic rings. The molecular formula is C12H14ClFO3. The third-order valence-corrected chi connectivity index (χ3v) is 2.45. The van der Waals surface area contributed by atoms with Gasteiger partial charge in [0.05, 0.1) is 13.2 Å².